The molecule has 2 rings (SSSR count). The van der Waals surface area contributed by atoms with E-state index in [1.165, 1.54) is 0 Å². The highest BCUT2D eigenvalue weighted by Gasteiger charge is 2.23. The standard InChI is InChI=1S/C15H24N2O3S/c1-13-6-7-15(20-2)14(12-13)8-9-16-21(18,19)17-10-4-3-5-11-17/h6-7,12,16H,3-5,8-11H2,1-2H3. The quantitative estimate of drug-likeness (QED) is 0.872. The first-order valence-electron chi connectivity index (χ1n) is 7.41. The maximum atomic E-state index is 12.2. The summed E-state index contributed by atoms with van der Waals surface area (Å²) in [5.41, 5.74) is 2.17. The Morgan fingerprint density at radius 2 is 1.95 bits per heavy atom. The molecule has 0 bridgehead atoms. The summed E-state index contributed by atoms with van der Waals surface area (Å²) in [6.07, 6.45) is 3.64. The molecule has 1 saturated heterocycles. The number of methoxy groups -OCH3 is 1. The average molecular weight is 312 g/mol. The summed E-state index contributed by atoms with van der Waals surface area (Å²) >= 11 is 0. The number of nitrogens with zero attached hydrogens (tertiary/aromatic N) is 1. The lowest BCUT2D eigenvalue weighted by Crippen LogP contribution is -2.44. The smallest absolute Gasteiger partial charge is 0.279 e. The Kier molecular flexibility index (Phi) is 5.61. The molecule has 6 heteroatoms. The molecule has 0 unspecified atom stereocenters. The van der Waals surface area contributed by atoms with Crippen LogP contribution in [0.15, 0.2) is 18.2 Å². The summed E-state index contributed by atoms with van der Waals surface area (Å²) in [6.45, 7) is 3.66. The number of hydrogen-bond donors (Lipinski definition) is 1. The molecule has 0 radical (unpaired) electrons. The first kappa shape index (κ1) is 16.3. The van der Waals surface area contributed by atoms with E-state index < -0.39 is 10.2 Å². The number of rotatable bonds is 6. The Labute approximate surface area is 127 Å². The van der Waals surface area contributed by atoms with Crippen LogP contribution < -0.4 is 9.46 Å². The summed E-state index contributed by atoms with van der Waals surface area (Å²) in [5, 5.41) is 0. The van der Waals surface area contributed by atoms with E-state index in [0.29, 0.717) is 26.1 Å². The van der Waals surface area contributed by atoms with Crippen molar-refractivity contribution in [1.82, 2.24) is 9.03 Å². The zero-order chi connectivity index (χ0) is 15.3. The van der Waals surface area contributed by atoms with Crippen molar-refractivity contribution in [3.63, 3.8) is 0 Å². The highest BCUT2D eigenvalue weighted by molar-refractivity contribution is 7.87. The second-order valence-electron chi connectivity index (χ2n) is 5.42. The Morgan fingerprint density at radius 1 is 1.24 bits per heavy atom. The van der Waals surface area contributed by atoms with Gasteiger partial charge in [-0.3, -0.25) is 0 Å². The molecule has 1 aliphatic rings. The minimum absolute atomic E-state index is 0.388. The molecule has 1 fully saturated rings. The molecule has 0 saturated carbocycles. The number of ether oxygens (including phenoxy) is 1. The second-order valence-corrected chi connectivity index (χ2v) is 7.18. The van der Waals surface area contributed by atoms with E-state index in [4.69, 9.17) is 4.74 Å². The zero-order valence-electron chi connectivity index (χ0n) is 12.8. The highest BCUT2D eigenvalue weighted by Crippen LogP contribution is 2.20. The van der Waals surface area contributed by atoms with Crippen molar-refractivity contribution in [1.29, 1.82) is 0 Å². The van der Waals surface area contributed by atoms with Crippen LogP contribution in [0.4, 0.5) is 0 Å². The van der Waals surface area contributed by atoms with Crippen LogP contribution in [0.25, 0.3) is 0 Å². The number of nitrogens with one attached hydrogen (secondary N) is 1. The van der Waals surface area contributed by atoms with Gasteiger partial charge in [0.05, 0.1) is 7.11 Å². The van der Waals surface area contributed by atoms with Crippen molar-refractivity contribution in [2.45, 2.75) is 32.6 Å². The lowest BCUT2D eigenvalue weighted by Gasteiger charge is -2.26. The van der Waals surface area contributed by atoms with Crippen molar-refractivity contribution in [3.05, 3.63) is 29.3 Å². The maximum Gasteiger partial charge on any atom is 0.279 e. The normalized spacial score (nSPS) is 16.9. The number of hydrogen-bond acceptors (Lipinski definition) is 3. The van der Waals surface area contributed by atoms with Gasteiger partial charge in [0.25, 0.3) is 10.2 Å². The molecule has 1 heterocycles. The van der Waals surface area contributed by atoms with E-state index in [1.54, 1.807) is 11.4 Å². The van der Waals surface area contributed by atoms with Gasteiger partial charge in [-0.25, -0.2) is 4.72 Å². The molecule has 1 aliphatic heterocycles. The topological polar surface area (TPSA) is 58.6 Å². The summed E-state index contributed by atoms with van der Waals surface area (Å²) in [5.74, 6) is 0.803. The largest absolute Gasteiger partial charge is 0.496 e. The average Bonchev–Trinajstić information content (AvgIpc) is 2.48. The molecular formula is C15H24N2O3S. The van der Waals surface area contributed by atoms with E-state index >= 15 is 0 Å². The van der Waals surface area contributed by atoms with Crippen LogP contribution in [0.5, 0.6) is 5.75 Å². The van der Waals surface area contributed by atoms with Gasteiger partial charge < -0.3 is 4.74 Å². The van der Waals surface area contributed by atoms with Crippen LogP contribution >= 0.6 is 0 Å². The predicted octanol–water partition coefficient (Wildman–Crippen LogP) is 1.87. The van der Waals surface area contributed by atoms with Gasteiger partial charge in [-0.15, -0.1) is 0 Å². The summed E-state index contributed by atoms with van der Waals surface area (Å²) < 4.78 is 33.9. The second kappa shape index (κ2) is 7.24. The summed E-state index contributed by atoms with van der Waals surface area (Å²) in [6, 6.07) is 5.94. The molecule has 0 atom stereocenters. The van der Waals surface area contributed by atoms with E-state index in [9.17, 15) is 8.42 Å². The monoisotopic (exact) mass is 312 g/mol. The van der Waals surface area contributed by atoms with E-state index in [0.717, 1.165) is 36.1 Å². The third kappa shape index (κ3) is 4.43. The highest BCUT2D eigenvalue weighted by atomic mass is 32.2. The fraction of sp³-hybridized carbons (Fsp3) is 0.600. The van der Waals surface area contributed by atoms with E-state index in [1.807, 2.05) is 25.1 Å². The zero-order valence-corrected chi connectivity index (χ0v) is 13.6. The summed E-state index contributed by atoms with van der Waals surface area (Å²) in [4.78, 5) is 0. The van der Waals surface area contributed by atoms with Gasteiger partial charge in [0.2, 0.25) is 0 Å². The molecule has 5 nitrogen and oxygen atoms in total. The van der Waals surface area contributed by atoms with Gasteiger partial charge in [-0.1, -0.05) is 24.1 Å². The predicted molar refractivity (Wildman–Crippen MR) is 83.8 cm³/mol. The van der Waals surface area contributed by atoms with Crippen LogP contribution in [-0.4, -0.2) is 39.5 Å². The minimum Gasteiger partial charge on any atom is -0.496 e. The molecule has 0 spiro atoms. The first-order chi connectivity index (χ1) is 10.0. The first-order valence-corrected chi connectivity index (χ1v) is 8.85. The Balaban J connectivity index is 1.93. The van der Waals surface area contributed by atoms with Gasteiger partial charge in [-0.05, 0) is 37.8 Å². The Bertz CT molecular complexity index is 566. The molecule has 0 amide bonds. The third-order valence-corrected chi connectivity index (χ3v) is 5.38. The molecule has 0 aromatic heterocycles. The minimum atomic E-state index is -3.34. The SMILES string of the molecule is COc1ccc(C)cc1CCNS(=O)(=O)N1CCCCC1. The molecule has 118 valence electrons. The molecular weight excluding hydrogens is 288 g/mol. The summed E-state index contributed by atoms with van der Waals surface area (Å²) in [7, 11) is -1.71. The maximum absolute atomic E-state index is 12.2. The van der Waals surface area contributed by atoms with Crippen LogP contribution in [0.2, 0.25) is 0 Å². The molecule has 0 aliphatic carbocycles. The fourth-order valence-corrected chi connectivity index (χ4v) is 3.90. The lowest BCUT2D eigenvalue weighted by molar-refractivity contribution is 0.342. The van der Waals surface area contributed by atoms with Crippen molar-refractivity contribution < 1.29 is 13.2 Å². The lowest BCUT2D eigenvalue weighted by atomic mass is 10.1. The number of benzene rings is 1. The van der Waals surface area contributed by atoms with Crippen molar-refractivity contribution in [2.24, 2.45) is 0 Å². The van der Waals surface area contributed by atoms with Gasteiger partial charge in [-0.2, -0.15) is 12.7 Å². The third-order valence-electron chi connectivity index (χ3n) is 3.77. The number of piperidine rings is 1. The van der Waals surface area contributed by atoms with Crippen LogP contribution in [0.3, 0.4) is 0 Å². The van der Waals surface area contributed by atoms with Crippen molar-refractivity contribution in [2.75, 3.05) is 26.7 Å². The Morgan fingerprint density at radius 3 is 2.62 bits per heavy atom. The van der Waals surface area contributed by atoms with E-state index in [-0.39, 0.29) is 0 Å². The molecule has 1 aromatic rings. The van der Waals surface area contributed by atoms with Crippen LogP contribution in [0, 0.1) is 6.92 Å². The van der Waals surface area contributed by atoms with E-state index in [2.05, 4.69) is 4.72 Å². The van der Waals surface area contributed by atoms with Crippen LogP contribution in [0.1, 0.15) is 30.4 Å². The van der Waals surface area contributed by atoms with Gasteiger partial charge in [0.1, 0.15) is 5.75 Å². The fourth-order valence-electron chi connectivity index (χ4n) is 2.61. The van der Waals surface area contributed by atoms with Crippen molar-refractivity contribution in [3.8, 4) is 5.75 Å². The van der Waals surface area contributed by atoms with Crippen molar-refractivity contribution >= 4 is 10.2 Å². The van der Waals surface area contributed by atoms with Gasteiger partial charge in [0.15, 0.2) is 0 Å². The Hall–Kier alpha value is -1.11. The van der Waals surface area contributed by atoms with Gasteiger partial charge in [0, 0.05) is 19.6 Å². The van der Waals surface area contributed by atoms with Crippen LogP contribution in [-0.2, 0) is 16.6 Å². The van der Waals surface area contributed by atoms with Gasteiger partial charge >= 0.3 is 0 Å². The molecule has 1 N–H and O–H groups in total. The molecule has 1 aromatic carbocycles. The number of aryl methyl sites for hydroxylation is 1. The molecule has 21 heavy (non-hydrogen) atoms.